The van der Waals surface area contributed by atoms with E-state index in [0.717, 1.165) is 22.6 Å². The van der Waals surface area contributed by atoms with E-state index in [9.17, 15) is 9.59 Å². The molecule has 0 aliphatic carbocycles. The zero-order valence-corrected chi connectivity index (χ0v) is 21.8. The van der Waals surface area contributed by atoms with Crippen LogP contribution in [0.4, 0.5) is 0 Å². The summed E-state index contributed by atoms with van der Waals surface area (Å²) in [6, 6.07) is 12.8. The minimum absolute atomic E-state index is 0.0937. The molecule has 9 heteroatoms. The van der Waals surface area contributed by atoms with Gasteiger partial charge in [0.2, 0.25) is 5.91 Å². The number of nitrogens with zero attached hydrogens (tertiary/aromatic N) is 3. The van der Waals surface area contributed by atoms with Crippen LogP contribution in [0.5, 0.6) is 17.2 Å². The van der Waals surface area contributed by atoms with Crippen LogP contribution >= 0.6 is 0 Å². The molecule has 1 aliphatic heterocycles. The lowest BCUT2D eigenvalue weighted by atomic mass is 9.98. The van der Waals surface area contributed by atoms with Gasteiger partial charge >= 0.3 is 0 Å². The van der Waals surface area contributed by atoms with Crippen molar-refractivity contribution in [3.63, 3.8) is 0 Å². The molecule has 1 heterocycles. The smallest absolute Gasteiger partial charge is 0.262 e. The number of amides is 2. The number of hydrogen-bond acceptors (Lipinski definition) is 7. The number of methoxy groups -OCH3 is 4. The van der Waals surface area contributed by atoms with Gasteiger partial charge < -0.3 is 23.8 Å². The standard InChI is InChI=1S/C27H35N3O6/c1-18(2)27(32)29(13-14-33-3)17-26(31)30-23(20-9-12-24(35-5)25(15-20)36-6)16-22(28-30)19-7-10-21(34-4)11-8-19/h7-12,15,18,23H,13-14,16-17H2,1-6H3. The van der Waals surface area contributed by atoms with Crippen LogP contribution in [0.25, 0.3) is 0 Å². The number of rotatable bonds is 11. The molecule has 0 aromatic heterocycles. The molecule has 36 heavy (non-hydrogen) atoms. The van der Waals surface area contributed by atoms with Crippen molar-refractivity contribution in [2.24, 2.45) is 11.0 Å². The zero-order valence-electron chi connectivity index (χ0n) is 21.8. The monoisotopic (exact) mass is 497 g/mol. The van der Waals surface area contributed by atoms with Gasteiger partial charge in [0.1, 0.15) is 12.3 Å². The van der Waals surface area contributed by atoms with Crippen LogP contribution in [0.1, 0.15) is 37.4 Å². The van der Waals surface area contributed by atoms with Gasteiger partial charge in [0.25, 0.3) is 5.91 Å². The fourth-order valence-electron chi connectivity index (χ4n) is 4.09. The highest BCUT2D eigenvalue weighted by molar-refractivity contribution is 6.03. The van der Waals surface area contributed by atoms with Gasteiger partial charge in [-0.15, -0.1) is 0 Å². The summed E-state index contributed by atoms with van der Waals surface area (Å²) in [5.41, 5.74) is 2.52. The molecule has 0 spiro atoms. The Hall–Kier alpha value is -3.59. The van der Waals surface area contributed by atoms with Gasteiger partial charge in [-0.3, -0.25) is 9.59 Å². The summed E-state index contributed by atoms with van der Waals surface area (Å²) < 4.78 is 21.3. The normalized spacial score (nSPS) is 15.0. The number of ether oxygens (including phenoxy) is 4. The van der Waals surface area contributed by atoms with Crippen LogP contribution in [0.2, 0.25) is 0 Å². The van der Waals surface area contributed by atoms with Gasteiger partial charge in [-0.25, -0.2) is 5.01 Å². The van der Waals surface area contributed by atoms with E-state index in [0.29, 0.717) is 31.1 Å². The van der Waals surface area contributed by atoms with E-state index in [1.807, 2.05) is 56.3 Å². The maximum absolute atomic E-state index is 13.6. The minimum Gasteiger partial charge on any atom is -0.497 e. The van der Waals surface area contributed by atoms with Crippen molar-refractivity contribution in [3.05, 3.63) is 53.6 Å². The van der Waals surface area contributed by atoms with E-state index in [2.05, 4.69) is 0 Å². The Kier molecular flexibility index (Phi) is 9.30. The number of carbonyl (C=O) groups excluding carboxylic acids is 2. The number of benzene rings is 2. The predicted octanol–water partition coefficient (Wildman–Crippen LogP) is 3.52. The Morgan fingerprint density at radius 3 is 2.28 bits per heavy atom. The molecular formula is C27H35N3O6. The summed E-state index contributed by atoms with van der Waals surface area (Å²) in [5, 5.41) is 6.21. The van der Waals surface area contributed by atoms with Crippen LogP contribution in [0.15, 0.2) is 47.6 Å². The van der Waals surface area contributed by atoms with E-state index in [4.69, 9.17) is 24.0 Å². The Labute approximate surface area is 212 Å². The largest absolute Gasteiger partial charge is 0.497 e. The van der Waals surface area contributed by atoms with Gasteiger partial charge in [0.05, 0.1) is 39.7 Å². The molecule has 2 aromatic rings. The average molecular weight is 498 g/mol. The molecule has 1 aliphatic rings. The molecule has 0 bridgehead atoms. The number of hydrazone groups is 1. The first-order chi connectivity index (χ1) is 17.3. The molecular weight excluding hydrogens is 462 g/mol. The van der Waals surface area contributed by atoms with Crippen LogP contribution in [0, 0.1) is 5.92 Å². The van der Waals surface area contributed by atoms with Gasteiger partial charge in [-0.1, -0.05) is 19.9 Å². The van der Waals surface area contributed by atoms with Crippen LogP contribution in [-0.2, 0) is 14.3 Å². The molecule has 1 unspecified atom stereocenters. The fourth-order valence-corrected chi connectivity index (χ4v) is 4.09. The third-order valence-corrected chi connectivity index (χ3v) is 6.08. The predicted molar refractivity (Wildman–Crippen MR) is 137 cm³/mol. The molecule has 0 saturated heterocycles. The lowest BCUT2D eigenvalue weighted by Gasteiger charge is -2.28. The van der Waals surface area contributed by atoms with Crippen LogP contribution < -0.4 is 14.2 Å². The second kappa shape index (κ2) is 12.4. The Morgan fingerprint density at radius 1 is 1.00 bits per heavy atom. The summed E-state index contributed by atoms with van der Waals surface area (Å²) in [4.78, 5) is 27.9. The fraction of sp³-hybridized carbons (Fsp3) is 0.444. The van der Waals surface area contributed by atoms with Crippen molar-refractivity contribution in [1.29, 1.82) is 0 Å². The second-order valence-electron chi connectivity index (χ2n) is 8.76. The maximum atomic E-state index is 13.6. The second-order valence-corrected chi connectivity index (χ2v) is 8.76. The van der Waals surface area contributed by atoms with Gasteiger partial charge in [0, 0.05) is 26.0 Å². The number of carbonyl (C=O) groups is 2. The van der Waals surface area contributed by atoms with Crippen LogP contribution in [0.3, 0.4) is 0 Å². The van der Waals surface area contributed by atoms with Crippen molar-refractivity contribution < 1.29 is 28.5 Å². The maximum Gasteiger partial charge on any atom is 0.262 e. The lowest BCUT2D eigenvalue weighted by Crippen LogP contribution is -2.44. The summed E-state index contributed by atoms with van der Waals surface area (Å²) >= 11 is 0. The SMILES string of the molecule is COCCN(CC(=O)N1N=C(c2ccc(OC)cc2)CC1c1ccc(OC)c(OC)c1)C(=O)C(C)C. The zero-order chi connectivity index (χ0) is 26.2. The Morgan fingerprint density at radius 2 is 1.69 bits per heavy atom. The van der Waals surface area contributed by atoms with Crippen molar-refractivity contribution in [1.82, 2.24) is 9.91 Å². The Balaban J connectivity index is 1.96. The van der Waals surface area contributed by atoms with Crippen molar-refractivity contribution in [2.75, 3.05) is 48.1 Å². The molecule has 194 valence electrons. The van der Waals surface area contributed by atoms with Gasteiger partial charge in [-0.05, 0) is 47.5 Å². The summed E-state index contributed by atoms with van der Waals surface area (Å²) in [5.74, 6) is 1.28. The van der Waals surface area contributed by atoms with Crippen molar-refractivity contribution >= 4 is 17.5 Å². The number of hydrogen-bond donors (Lipinski definition) is 0. The highest BCUT2D eigenvalue weighted by Gasteiger charge is 2.35. The topological polar surface area (TPSA) is 89.9 Å². The summed E-state index contributed by atoms with van der Waals surface area (Å²) in [6.07, 6.45) is 0.504. The molecule has 2 aromatic carbocycles. The molecule has 0 saturated carbocycles. The highest BCUT2D eigenvalue weighted by Crippen LogP contribution is 2.37. The summed E-state index contributed by atoms with van der Waals surface area (Å²) in [6.45, 7) is 4.20. The lowest BCUT2D eigenvalue weighted by molar-refractivity contribution is -0.143. The van der Waals surface area contributed by atoms with E-state index in [-0.39, 0.29) is 30.3 Å². The molecule has 0 radical (unpaired) electrons. The molecule has 9 nitrogen and oxygen atoms in total. The molecule has 0 N–H and O–H groups in total. The first kappa shape index (κ1) is 27.0. The first-order valence-corrected chi connectivity index (χ1v) is 11.9. The van der Waals surface area contributed by atoms with E-state index in [1.165, 1.54) is 9.91 Å². The van der Waals surface area contributed by atoms with Gasteiger partial charge in [-0.2, -0.15) is 5.10 Å². The quantitative estimate of drug-likeness (QED) is 0.472. The molecule has 0 fully saturated rings. The van der Waals surface area contributed by atoms with E-state index >= 15 is 0 Å². The minimum atomic E-state index is -0.368. The van der Waals surface area contributed by atoms with Crippen LogP contribution in [-0.4, -0.2) is 75.6 Å². The van der Waals surface area contributed by atoms with Crippen molar-refractivity contribution in [3.8, 4) is 17.2 Å². The molecule has 2 amide bonds. The van der Waals surface area contributed by atoms with Gasteiger partial charge in [0.15, 0.2) is 11.5 Å². The molecule has 3 rings (SSSR count). The van der Waals surface area contributed by atoms with Crippen molar-refractivity contribution in [2.45, 2.75) is 26.3 Å². The first-order valence-electron chi connectivity index (χ1n) is 11.9. The van der Waals surface area contributed by atoms with E-state index in [1.54, 1.807) is 28.4 Å². The third kappa shape index (κ3) is 6.15. The average Bonchev–Trinajstić information content (AvgIpc) is 3.35. The highest BCUT2D eigenvalue weighted by atomic mass is 16.5. The Bertz CT molecular complexity index is 1080. The summed E-state index contributed by atoms with van der Waals surface area (Å²) in [7, 11) is 6.33. The third-order valence-electron chi connectivity index (χ3n) is 6.08. The molecule has 1 atom stereocenters. The van der Waals surface area contributed by atoms with E-state index < -0.39 is 0 Å².